The number of halogens is 3. The normalized spacial score (nSPS) is 13.2. The molecule has 0 saturated heterocycles. The maximum atomic E-state index is 12.4. The number of nitrogens with one attached hydrogen (secondary N) is 1. The Labute approximate surface area is 126 Å². The highest BCUT2D eigenvalue weighted by molar-refractivity contribution is 7.09. The number of thiazole rings is 1. The van der Waals surface area contributed by atoms with Crippen molar-refractivity contribution in [1.29, 1.82) is 0 Å². The van der Waals surface area contributed by atoms with E-state index in [9.17, 15) is 18.0 Å². The van der Waals surface area contributed by atoms with Crippen molar-refractivity contribution in [3.8, 4) is 11.5 Å². The molecule has 0 aliphatic carbocycles. The second kappa shape index (κ2) is 5.48. The van der Waals surface area contributed by atoms with Gasteiger partial charge in [-0.25, -0.2) is 4.98 Å². The van der Waals surface area contributed by atoms with Crippen molar-refractivity contribution in [2.75, 3.05) is 6.79 Å². The number of hydrogen-bond acceptors (Lipinski definition) is 5. The van der Waals surface area contributed by atoms with Crippen LogP contribution in [0.1, 0.15) is 21.1 Å². The molecule has 1 aliphatic rings. The predicted octanol–water partition coefficient (Wildman–Crippen LogP) is 2.82. The number of carbonyl (C=O) groups excluding carboxylic acids is 1. The van der Waals surface area contributed by atoms with Crippen LogP contribution in [-0.4, -0.2) is 17.7 Å². The first-order valence-corrected chi connectivity index (χ1v) is 7.01. The first kappa shape index (κ1) is 14.6. The van der Waals surface area contributed by atoms with E-state index in [4.69, 9.17) is 9.47 Å². The highest BCUT2D eigenvalue weighted by Gasteiger charge is 2.35. The van der Waals surface area contributed by atoms with Gasteiger partial charge in [-0.3, -0.25) is 4.79 Å². The maximum Gasteiger partial charge on any atom is 0.443 e. The highest BCUT2D eigenvalue weighted by Crippen LogP contribution is 2.33. The number of ether oxygens (including phenoxy) is 2. The summed E-state index contributed by atoms with van der Waals surface area (Å²) in [5.74, 6) is 0.522. The van der Waals surface area contributed by atoms with Crippen molar-refractivity contribution in [3.63, 3.8) is 0 Å². The Morgan fingerprint density at radius 3 is 2.82 bits per heavy atom. The Kier molecular flexibility index (Phi) is 3.65. The van der Waals surface area contributed by atoms with Crippen LogP contribution >= 0.6 is 11.3 Å². The van der Waals surface area contributed by atoms with Gasteiger partial charge in [-0.05, 0) is 17.7 Å². The fraction of sp³-hybridized carbons (Fsp3) is 0.231. The molecular formula is C13H9F3N2O3S. The van der Waals surface area contributed by atoms with Crippen molar-refractivity contribution < 1.29 is 27.4 Å². The summed E-state index contributed by atoms with van der Waals surface area (Å²) in [6.07, 6.45) is -4.54. The molecule has 2 aromatic rings. The Morgan fingerprint density at radius 1 is 1.32 bits per heavy atom. The predicted molar refractivity (Wildman–Crippen MR) is 70.9 cm³/mol. The van der Waals surface area contributed by atoms with E-state index in [1.54, 1.807) is 18.2 Å². The number of benzene rings is 1. The minimum atomic E-state index is -4.54. The quantitative estimate of drug-likeness (QED) is 0.940. The zero-order chi connectivity index (χ0) is 15.7. The van der Waals surface area contributed by atoms with Crippen LogP contribution in [-0.2, 0) is 12.7 Å². The van der Waals surface area contributed by atoms with Crippen LogP contribution in [0.3, 0.4) is 0 Å². The lowest BCUT2D eigenvalue weighted by atomic mass is 10.2. The standard InChI is InChI=1S/C13H9F3N2O3S/c14-13(15,16)12-18-8(5-22-12)11(19)17-4-7-1-2-9-10(3-7)21-6-20-9/h1-3,5H,4,6H2,(H,17,19). The summed E-state index contributed by atoms with van der Waals surface area (Å²) in [4.78, 5) is 15.1. The summed E-state index contributed by atoms with van der Waals surface area (Å²) in [6.45, 7) is 0.290. The lowest BCUT2D eigenvalue weighted by Crippen LogP contribution is -2.23. The van der Waals surface area contributed by atoms with Gasteiger partial charge in [0.2, 0.25) is 6.79 Å². The van der Waals surface area contributed by atoms with Crippen molar-refractivity contribution in [2.24, 2.45) is 0 Å². The first-order valence-electron chi connectivity index (χ1n) is 6.13. The van der Waals surface area contributed by atoms with E-state index in [1.807, 2.05) is 0 Å². The number of rotatable bonds is 3. The smallest absolute Gasteiger partial charge is 0.443 e. The molecule has 9 heteroatoms. The minimum absolute atomic E-state index is 0.143. The molecule has 0 atom stereocenters. The molecule has 0 fully saturated rings. The maximum absolute atomic E-state index is 12.4. The molecule has 2 heterocycles. The lowest BCUT2D eigenvalue weighted by Gasteiger charge is -2.05. The molecular weight excluding hydrogens is 321 g/mol. The summed E-state index contributed by atoms with van der Waals surface area (Å²) in [7, 11) is 0. The monoisotopic (exact) mass is 330 g/mol. The minimum Gasteiger partial charge on any atom is -0.454 e. The number of hydrogen-bond donors (Lipinski definition) is 1. The molecule has 1 aromatic heterocycles. The van der Waals surface area contributed by atoms with Crippen LogP contribution in [0, 0.1) is 0 Å². The number of nitrogens with zero attached hydrogens (tertiary/aromatic N) is 1. The summed E-state index contributed by atoms with van der Waals surface area (Å²) >= 11 is 0.389. The molecule has 5 nitrogen and oxygen atoms in total. The molecule has 1 aliphatic heterocycles. The summed E-state index contributed by atoms with van der Waals surface area (Å²) in [5, 5.41) is 2.55. The Balaban J connectivity index is 1.64. The first-order chi connectivity index (χ1) is 10.4. The Morgan fingerprint density at radius 2 is 2.09 bits per heavy atom. The second-order valence-corrected chi connectivity index (χ2v) is 5.26. The van der Waals surface area contributed by atoms with Gasteiger partial charge >= 0.3 is 6.18 Å². The van der Waals surface area contributed by atoms with E-state index in [0.717, 1.165) is 10.9 Å². The van der Waals surface area contributed by atoms with Gasteiger partial charge in [0.05, 0.1) is 0 Å². The molecule has 3 rings (SSSR count). The van der Waals surface area contributed by atoms with Crippen LogP contribution in [0.25, 0.3) is 0 Å². The van der Waals surface area contributed by atoms with Crippen LogP contribution in [0.5, 0.6) is 11.5 Å². The highest BCUT2D eigenvalue weighted by atomic mass is 32.1. The molecule has 1 amide bonds. The molecule has 0 radical (unpaired) electrons. The third kappa shape index (κ3) is 2.98. The van der Waals surface area contributed by atoms with Crippen LogP contribution in [0.4, 0.5) is 13.2 Å². The van der Waals surface area contributed by atoms with E-state index >= 15 is 0 Å². The van der Waals surface area contributed by atoms with Crippen LogP contribution < -0.4 is 14.8 Å². The molecule has 116 valence electrons. The fourth-order valence-electron chi connectivity index (χ4n) is 1.83. The molecule has 1 aromatic carbocycles. The van der Waals surface area contributed by atoms with E-state index in [-0.39, 0.29) is 19.0 Å². The zero-order valence-corrected chi connectivity index (χ0v) is 11.8. The molecule has 0 unspecified atom stereocenters. The van der Waals surface area contributed by atoms with E-state index < -0.39 is 17.1 Å². The molecule has 0 bridgehead atoms. The van der Waals surface area contributed by atoms with Crippen molar-refractivity contribution in [3.05, 3.63) is 39.8 Å². The molecule has 22 heavy (non-hydrogen) atoms. The van der Waals surface area contributed by atoms with Gasteiger partial charge in [0.25, 0.3) is 5.91 Å². The van der Waals surface area contributed by atoms with Gasteiger partial charge in [-0.2, -0.15) is 13.2 Å². The molecule has 1 N–H and O–H groups in total. The van der Waals surface area contributed by atoms with Gasteiger partial charge < -0.3 is 14.8 Å². The Bertz CT molecular complexity index is 715. The van der Waals surface area contributed by atoms with Gasteiger partial charge in [-0.1, -0.05) is 6.07 Å². The Hall–Kier alpha value is -2.29. The second-order valence-electron chi connectivity index (χ2n) is 4.41. The number of aromatic nitrogens is 1. The van der Waals surface area contributed by atoms with E-state index in [2.05, 4.69) is 10.3 Å². The third-order valence-corrected chi connectivity index (χ3v) is 3.76. The van der Waals surface area contributed by atoms with Crippen molar-refractivity contribution >= 4 is 17.2 Å². The number of carbonyl (C=O) groups is 1. The lowest BCUT2D eigenvalue weighted by molar-refractivity contribution is -0.137. The van der Waals surface area contributed by atoms with E-state index in [1.165, 1.54) is 0 Å². The molecule has 0 spiro atoms. The largest absolute Gasteiger partial charge is 0.454 e. The van der Waals surface area contributed by atoms with Gasteiger partial charge in [-0.15, -0.1) is 11.3 Å². The van der Waals surface area contributed by atoms with Crippen molar-refractivity contribution in [2.45, 2.75) is 12.7 Å². The van der Waals surface area contributed by atoms with Gasteiger partial charge in [0.1, 0.15) is 5.69 Å². The number of amides is 1. The SMILES string of the molecule is O=C(NCc1ccc2c(c1)OCO2)c1csc(C(F)(F)F)n1. The van der Waals surface area contributed by atoms with Gasteiger partial charge in [0, 0.05) is 11.9 Å². The summed E-state index contributed by atoms with van der Waals surface area (Å²) in [6, 6.07) is 5.13. The summed E-state index contributed by atoms with van der Waals surface area (Å²) in [5.41, 5.74) is 0.488. The van der Waals surface area contributed by atoms with Crippen LogP contribution in [0.2, 0.25) is 0 Å². The van der Waals surface area contributed by atoms with E-state index in [0.29, 0.717) is 22.8 Å². The fourth-order valence-corrected chi connectivity index (χ4v) is 2.50. The topological polar surface area (TPSA) is 60.5 Å². The summed E-state index contributed by atoms with van der Waals surface area (Å²) < 4.78 is 47.7. The van der Waals surface area contributed by atoms with Crippen molar-refractivity contribution in [1.82, 2.24) is 10.3 Å². The van der Waals surface area contributed by atoms with Crippen LogP contribution in [0.15, 0.2) is 23.6 Å². The number of fused-ring (bicyclic) bond motifs is 1. The third-order valence-electron chi connectivity index (χ3n) is 2.87. The average Bonchev–Trinajstić information content (AvgIpc) is 3.12. The average molecular weight is 330 g/mol. The van der Waals surface area contributed by atoms with Gasteiger partial charge in [0.15, 0.2) is 16.5 Å². The number of alkyl halides is 3. The zero-order valence-electron chi connectivity index (χ0n) is 10.9. The molecule has 0 saturated carbocycles.